The van der Waals surface area contributed by atoms with Gasteiger partial charge >= 0.3 is 0 Å². The van der Waals surface area contributed by atoms with E-state index in [9.17, 15) is 4.39 Å². The van der Waals surface area contributed by atoms with Gasteiger partial charge in [-0.25, -0.2) is 4.39 Å². The molecule has 19 heavy (non-hydrogen) atoms. The molecule has 0 atom stereocenters. The van der Waals surface area contributed by atoms with Crippen molar-refractivity contribution in [1.82, 2.24) is 5.32 Å². The zero-order chi connectivity index (χ0) is 13.5. The van der Waals surface area contributed by atoms with Crippen molar-refractivity contribution >= 4 is 17.0 Å². The van der Waals surface area contributed by atoms with Gasteiger partial charge in [-0.05, 0) is 47.5 Å². The molecule has 4 heteroatoms. The molecule has 0 unspecified atom stereocenters. The van der Waals surface area contributed by atoms with Gasteiger partial charge < -0.3 is 10.2 Å². The van der Waals surface area contributed by atoms with Crippen LogP contribution < -0.4 is 10.2 Å². The maximum Gasteiger partial charge on any atom is 0.146 e. The van der Waals surface area contributed by atoms with E-state index in [1.54, 1.807) is 23.5 Å². The molecule has 0 saturated carbocycles. The molecule has 2 rings (SSSR count). The number of thiophene rings is 1. The maximum absolute atomic E-state index is 13.5. The fourth-order valence-electron chi connectivity index (χ4n) is 1.92. The molecule has 0 aliphatic carbocycles. The molecule has 2 nitrogen and oxygen atoms in total. The number of halogens is 1. The van der Waals surface area contributed by atoms with Crippen molar-refractivity contribution in [2.75, 3.05) is 31.6 Å². The summed E-state index contributed by atoms with van der Waals surface area (Å²) in [4.78, 5) is 1.94. The number of benzene rings is 1. The monoisotopic (exact) mass is 278 g/mol. The van der Waals surface area contributed by atoms with Crippen LogP contribution >= 0.6 is 11.3 Å². The van der Waals surface area contributed by atoms with Gasteiger partial charge in [0.25, 0.3) is 0 Å². The zero-order valence-electron chi connectivity index (χ0n) is 11.1. The Kier molecular flexibility index (Phi) is 5.36. The molecule has 0 radical (unpaired) electrons. The molecule has 0 aliphatic heterocycles. The minimum Gasteiger partial charge on any atom is -0.371 e. The van der Waals surface area contributed by atoms with Crippen LogP contribution in [-0.4, -0.2) is 26.7 Å². The largest absolute Gasteiger partial charge is 0.371 e. The standard InChI is InChI=1S/C15H19FN2S/c1-18(15-5-3-2-4-14(15)16)10-9-17-8-6-13-7-11-19-12-13/h2-5,7,11-12,17H,6,8-10H2,1H3. The third-order valence-corrected chi connectivity index (χ3v) is 3.79. The average molecular weight is 278 g/mol. The highest BCUT2D eigenvalue weighted by atomic mass is 32.1. The second-order valence-electron chi connectivity index (χ2n) is 4.50. The van der Waals surface area contributed by atoms with Gasteiger partial charge in [0.2, 0.25) is 0 Å². The Hall–Kier alpha value is -1.39. The minimum atomic E-state index is -0.164. The predicted octanol–water partition coefficient (Wildman–Crippen LogP) is 3.16. The van der Waals surface area contributed by atoms with E-state index in [0.29, 0.717) is 5.69 Å². The summed E-state index contributed by atoms with van der Waals surface area (Å²) in [6, 6.07) is 9.03. The van der Waals surface area contributed by atoms with E-state index in [1.807, 2.05) is 18.0 Å². The van der Waals surface area contributed by atoms with Crippen molar-refractivity contribution in [3.05, 3.63) is 52.5 Å². The fourth-order valence-corrected chi connectivity index (χ4v) is 2.62. The number of para-hydroxylation sites is 1. The van der Waals surface area contributed by atoms with Gasteiger partial charge in [-0.1, -0.05) is 12.1 Å². The topological polar surface area (TPSA) is 15.3 Å². The number of anilines is 1. The van der Waals surface area contributed by atoms with E-state index < -0.39 is 0 Å². The number of nitrogens with zero attached hydrogens (tertiary/aromatic N) is 1. The summed E-state index contributed by atoms with van der Waals surface area (Å²) in [7, 11) is 1.92. The van der Waals surface area contributed by atoms with Crippen molar-refractivity contribution in [3.63, 3.8) is 0 Å². The molecule has 0 spiro atoms. The summed E-state index contributed by atoms with van der Waals surface area (Å²) in [5.74, 6) is -0.164. The molecular formula is C15H19FN2S. The van der Waals surface area contributed by atoms with E-state index >= 15 is 0 Å². The SMILES string of the molecule is CN(CCNCCc1ccsc1)c1ccccc1F. The number of hydrogen-bond donors (Lipinski definition) is 1. The normalized spacial score (nSPS) is 10.6. The molecule has 1 heterocycles. The Labute approximate surface area is 117 Å². The fraction of sp³-hybridized carbons (Fsp3) is 0.333. The Bertz CT molecular complexity index is 485. The molecule has 1 N–H and O–H groups in total. The molecule has 102 valence electrons. The summed E-state index contributed by atoms with van der Waals surface area (Å²) in [6.45, 7) is 2.61. The molecule has 0 bridgehead atoms. The second kappa shape index (κ2) is 7.26. The molecular weight excluding hydrogens is 259 g/mol. The summed E-state index contributed by atoms with van der Waals surface area (Å²) in [5, 5.41) is 7.66. The molecule has 0 saturated heterocycles. The zero-order valence-corrected chi connectivity index (χ0v) is 11.9. The minimum absolute atomic E-state index is 0.164. The molecule has 1 aromatic heterocycles. The van der Waals surface area contributed by atoms with Gasteiger partial charge in [0.15, 0.2) is 0 Å². The van der Waals surface area contributed by atoms with Crippen LogP contribution in [0.4, 0.5) is 10.1 Å². The first-order valence-electron chi connectivity index (χ1n) is 6.45. The van der Waals surface area contributed by atoms with Crippen LogP contribution in [0.15, 0.2) is 41.1 Å². The molecule has 0 aliphatic rings. The van der Waals surface area contributed by atoms with Gasteiger partial charge in [-0.2, -0.15) is 11.3 Å². The Morgan fingerprint density at radius 3 is 2.79 bits per heavy atom. The highest BCUT2D eigenvalue weighted by molar-refractivity contribution is 7.07. The third kappa shape index (κ3) is 4.33. The van der Waals surface area contributed by atoms with E-state index in [4.69, 9.17) is 0 Å². The number of rotatable bonds is 7. The van der Waals surface area contributed by atoms with Crippen LogP contribution in [0, 0.1) is 5.82 Å². The first kappa shape index (κ1) is 14.0. The average Bonchev–Trinajstić information content (AvgIpc) is 2.92. The van der Waals surface area contributed by atoms with Gasteiger partial charge in [0.05, 0.1) is 5.69 Å². The Morgan fingerprint density at radius 1 is 1.21 bits per heavy atom. The van der Waals surface area contributed by atoms with Crippen LogP contribution in [0.2, 0.25) is 0 Å². The Balaban J connectivity index is 1.67. The lowest BCUT2D eigenvalue weighted by Crippen LogP contribution is -2.30. The van der Waals surface area contributed by atoms with E-state index in [2.05, 4.69) is 22.1 Å². The van der Waals surface area contributed by atoms with Gasteiger partial charge in [0, 0.05) is 20.1 Å². The molecule has 1 aromatic carbocycles. The summed E-state index contributed by atoms with van der Waals surface area (Å²) < 4.78 is 13.5. The first-order chi connectivity index (χ1) is 9.27. The Morgan fingerprint density at radius 2 is 2.05 bits per heavy atom. The van der Waals surface area contributed by atoms with Crippen molar-refractivity contribution in [2.24, 2.45) is 0 Å². The number of likely N-dealkylation sites (N-methyl/N-ethyl adjacent to an activating group) is 1. The van der Waals surface area contributed by atoms with Gasteiger partial charge in [0.1, 0.15) is 5.82 Å². The lowest BCUT2D eigenvalue weighted by Gasteiger charge is -2.20. The summed E-state index contributed by atoms with van der Waals surface area (Å²) in [5.41, 5.74) is 2.03. The number of nitrogens with one attached hydrogen (secondary N) is 1. The smallest absolute Gasteiger partial charge is 0.146 e. The molecule has 2 aromatic rings. The summed E-state index contributed by atoms with van der Waals surface area (Å²) >= 11 is 1.73. The second-order valence-corrected chi connectivity index (χ2v) is 5.28. The molecule has 0 amide bonds. The van der Waals surface area contributed by atoms with Crippen molar-refractivity contribution < 1.29 is 4.39 Å². The first-order valence-corrected chi connectivity index (χ1v) is 7.39. The van der Waals surface area contributed by atoms with Gasteiger partial charge in [-0.3, -0.25) is 0 Å². The lowest BCUT2D eigenvalue weighted by atomic mass is 10.2. The van der Waals surface area contributed by atoms with E-state index in [1.165, 1.54) is 11.6 Å². The van der Waals surface area contributed by atoms with Crippen LogP contribution in [0.1, 0.15) is 5.56 Å². The summed E-state index contributed by atoms with van der Waals surface area (Å²) in [6.07, 6.45) is 1.05. The molecule has 0 fully saturated rings. The van der Waals surface area contributed by atoms with E-state index in [0.717, 1.165) is 26.1 Å². The highest BCUT2D eigenvalue weighted by Gasteiger charge is 2.05. The van der Waals surface area contributed by atoms with Crippen molar-refractivity contribution in [1.29, 1.82) is 0 Å². The lowest BCUT2D eigenvalue weighted by molar-refractivity contribution is 0.616. The highest BCUT2D eigenvalue weighted by Crippen LogP contribution is 2.16. The van der Waals surface area contributed by atoms with E-state index in [-0.39, 0.29) is 5.82 Å². The van der Waals surface area contributed by atoms with Crippen molar-refractivity contribution in [2.45, 2.75) is 6.42 Å². The quantitative estimate of drug-likeness (QED) is 0.783. The van der Waals surface area contributed by atoms with Crippen LogP contribution in [0.3, 0.4) is 0 Å². The number of hydrogen-bond acceptors (Lipinski definition) is 3. The van der Waals surface area contributed by atoms with Crippen LogP contribution in [0.25, 0.3) is 0 Å². The van der Waals surface area contributed by atoms with Gasteiger partial charge in [-0.15, -0.1) is 0 Å². The third-order valence-electron chi connectivity index (χ3n) is 3.06. The maximum atomic E-state index is 13.5. The van der Waals surface area contributed by atoms with Crippen LogP contribution in [-0.2, 0) is 6.42 Å². The van der Waals surface area contributed by atoms with Crippen molar-refractivity contribution in [3.8, 4) is 0 Å². The predicted molar refractivity (Wildman–Crippen MR) is 80.6 cm³/mol. The van der Waals surface area contributed by atoms with Crippen LogP contribution in [0.5, 0.6) is 0 Å².